The molecule has 0 saturated carbocycles. The first kappa shape index (κ1) is 16.9. The number of hydrogen-bond acceptors (Lipinski definition) is 3. The van der Waals surface area contributed by atoms with Gasteiger partial charge in [0.25, 0.3) is 0 Å². The Balaban J connectivity index is 1.88. The second-order valence-corrected chi connectivity index (χ2v) is 7.64. The number of rotatable bonds is 5. The maximum atomic E-state index is 12.7. The molecule has 5 heteroatoms. The average molecular weight is 351 g/mol. The quantitative estimate of drug-likeness (QED) is 0.765. The minimum Gasteiger partial charge on any atom is -0.366 e. The molecule has 4 nitrogen and oxygen atoms in total. The molecular formula is C20H17NO3S. The van der Waals surface area contributed by atoms with E-state index in [9.17, 15) is 13.2 Å². The lowest BCUT2D eigenvalue weighted by Crippen LogP contribution is -2.17. The Morgan fingerprint density at radius 1 is 0.760 bits per heavy atom. The van der Waals surface area contributed by atoms with Gasteiger partial charge in [-0.1, -0.05) is 66.7 Å². The molecule has 1 amide bonds. The SMILES string of the molecule is NC(=O)c1ccccc1S(=O)(=O)Cc1ccc(-c2ccccc2)cc1. The van der Waals surface area contributed by atoms with Gasteiger partial charge < -0.3 is 5.73 Å². The van der Waals surface area contributed by atoms with E-state index < -0.39 is 15.7 Å². The molecule has 3 aromatic carbocycles. The second kappa shape index (κ2) is 6.91. The van der Waals surface area contributed by atoms with Crippen LogP contribution in [0.5, 0.6) is 0 Å². The topological polar surface area (TPSA) is 77.2 Å². The molecule has 0 aliphatic heterocycles. The Kier molecular flexibility index (Phi) is 4.67. The van der Waals surface area contributed by atoms with Crippen LogP contribution in [-0.2, 0) is 15.6 Å². The van der Waals surface area contributed by atoms with Crippen LogP contribution >= 0.6 is 0 Å². The summed E-state index contributed by atoms with van der Waals surface area (Å²) in [6.07, 6.45) is 0. The van der Waals surface area contributed by atoms with Crippen LogP contribution in [0.2, 0.25) is 0 Å². The Bertz CT molecular complexity index is 995. The molecule has 0 bridgehead atoms. The van der Waals surface area contributed by atoms with Crippen LogP contribution < -0.4 is 5.73 Å². The molecule has 0 aliphatic rings. The maximum Gasteiger partial charge on any atom is 0.250 e. The maximum absolute atomic E-state index is 12.7. The van der Waals surface area contributed by atoms with Gasteiger partial charge in [0.05, 0.1) is 16.2 Å². The highest BCUT2D eigenvalue weighted by Gasteiger charge is 2.21. The highest BCUT2D eigenvalue weighted by molar-refractivity contribution is 7.90. The van der Waals surface area contributed by atoms with E-state index in [0.29, 0.717) is 5.56 Å². The summed E-state index contributed by atoms with van der Waals surface area (Å²) in [6, 6.07) is 23.2. The van der Waals surface area contributed by atoms with Crippen molar-refractivity contribution in [2.45, 2.75) is 10.6 Å². The molecule has 2 N–H and O–H groups in total. The van der Waals surface area contributed by atoms with Crippen molar-refractivity contribution in [3.8, 4) is 11.1 Å². The summed E-state index contributed by atoms with van der Waals surface area (Å²) < 4.78 is 25.3. The Hall–Kier alpha value is -2.92. The number of sulfone groups is 1. The van der Waals surface area contributed by atoms with Gasteiger partial charge in [0.2, 0.25) is 5.91 Å². The largest absolute Gasteiger partial charge is 0.366 e. The van der Waals surface area contributed by atoms with Gasteiger partial charge in [-0.05, 0) is 28.8 Å². The molecule has 126 valence electrons. The molecule has 0 aromatic heterocycles. The first-order valence-electron chi connectivity index (χ1n) is 7.73. The van der Waals surface area contributed by atoms with Crippen LogP contribution in [0.25, 0.3) is 11.1 Å². The fraction of sp³-hybridized carbons (Fsp3) is 0.0500. The summed E-state index contributed by atoms with van der Waals surface area (Å²) in [4.78, 5) is 11.4. The van der Waals surface area contributed by atoms with Crippen molar-refractivity contribution in [3.63, 3.8) is 0 Å². The zero-order chi connectivity index (χ0) is 17.9. The van der Waals surface area contributed by atoms with Gasteiger partial charge in [-0.25, -0.2) is 8.42 Å². The van der Waals surface area contributed by atoms with Gasteiger partial charge in [-0.15, -0.1) is 0 Å². The summed E-state index contributed by atoms with van der Waals surface area (Å²) in [7, 11) is -3.67. The highest BCUT2D eigenvalue weighted by Crippen LogP contribution is 2.23. The summed E-state index contributed by atoms with van der Waals surface area (Å²) in [6.45, 7) is 0. The van der Waals surface area contributed by atoms with E-state index in [2.05, 4.69) is 0 Å². The third-order valence-electron chi connectivity index (χ3n) is 3.91. The summed E-state index contributed by atoms with van der Waals surface area (Å²) in [5, 5.41) is 0. The third kappa shape index (κ3) is 3.78. The Morgan fingerprint density at radius 3 is 1.96 bits per heavy atom. The third-order valence-corrected chi connectivity index (χ3v) is 5.64. The number of carbonyl (C=O) groups excluding carboxylic acids is 1. The minimum atomic E-state index is -3.67. The van der Waals surface area contributed by atoms with Crippen LogP contribution in [-0.4, -0.2) is 14.3 Å². The smallest absolute Gasteiger partial charge is 0.250 e. The van der Waals surface area contributed by atoms with Crippen molar-refractivity contribution in [2.75, 3.05) is 0 Å². The summed E-state index contributed by atoms with van der Waals surface area (Å²) in [5.74, 6) is -0.939. The lowest BCUT2D eigenvalue weighted by molar-refractivity contribution is 0.0997. The van der Waals surface area contributed by atoms with Crippen LogP contribution in [0.15, 0.2) is 83.8 Å². The lowest BCUT2D eigenvalue weighted by Gasteiger charge is -2.09. The second-order valence-electron chi connectivity index (χ2n) is 5.68. The van der Waals surface area contributed by atoms with Gasteiger partial charge in [-0.3, -0.25) is 4.79 Å². The molecule has 0 atom stereocenters. The lowest BCUT2D eigenvalue weighted by atomic mass is 10.0. The zero-order valence-electron chi connectivity index (χ0n) is 13.4. The van der Waals surface area contributed by atoms with E-state index in [1.165, 1.54) is 12.1 Å². The van der Waals surface area contributed by atoms with E-state index in [4.69, 9.17) is 5.73 Å². The van der Waals surface area contributed by atoms with Crippen molar-refractivity contribution >= 4 is 15.7 Å². The van der Waals surface area contributed by atoms with E-state index in [0.717, 1.165) is 11.1 Å². The molecule has 0 unspecified atom stereocenters. The number of carbonyl (C=O) groups is 1. The zero-order valence-corrected chi connectivity index (χ0v) is 14.2. The number of hydrogen-bond donors (Lipinski definition) is 1. The first-order chi connectivity index (χ1) is 12.0. The average Bonchev–Trinajstić information content (AvgIpc) is 2.63. The molecule has 3 aromatic rings. The predicted octanol–water partition coefficient (Wildman–Crippen LogP) is 3.43. The van der Waals surface area contributed by atoms with Crippen LogP contribution in [0.1, 0.15) is 15.9 Å². The molecule has 3 rings (SSSR count). The van der Waals surface area contributed by atoms with Crippen LogP contribution in [0.4, 0.5) is 0 Å². The monoisotopic (exact) mass is 351 g/mol. The van der Waals surface area contributed by atoms with Crippen molar-refractivity contribution in [3.05, 3.63) is 90.0 Å². The highest BCUT2D eigenvalue weighted by atomic mass is 32.2. The first-order valence-corrected chi connectivity index (χ1v) is 9.38. The van der Waals surface area contributed by atoms with E-state index in [1.54, 1.807) is 24.3 Å². The molecule has 0 heterocycles. The van der Waals surface area contributed by atoms with Gasteiger partial charge in [0.1, 0.15) is 0 Å². The molecule has 0 spiro atoms. The standard InChI is InChI=1S/C20H17NO3S/c21-20(22)18-8-4-5-9-19(18)25(23,24)14-15-10-12-17(13-11-15)16-6-2-1-3-7-16/h1-13H,14H2,(H2,21,22). The predicted molar refractivity (Wildman–Crippen MR) is 97.7 cm³/mol. The van der Waals surface area contributed by atoms with E-state index in [1.807, 2.05) is 42.5 Å². The number of amides is 1. The van der Waals surface area contributed by atoms with E-state index >= 15 is 0 Å². The van der Waals surface area contributed by atoms with Crippen molar-refractivity contribution in [2.24, 2.45) is 5.73 Å². The summed E-state index contributed by atoms with van der Waals surface area (Å²) >= 11 is 0. The van der Waals surface area contributed by atoms with Crippen molar-refractivity contribution in [1.29, 1.82) is 0 Å². The Labute approximate surface area is 146 Å². The van der Waals surface area contributed by atoms with Crippen LogP contribution in [0.3, 0.4) is 0 Å². The van der Waals surface area contributed by atoms with Gasteiger partial charge in [-0.2, -0.15) is 0 Å². The number of primary amides is 1. The molecular weight excluding hydrogens is 334 g/mol. The fourth-order valence-corrected chi connectivity index (χ4v) is 4.24. The minimum absolute atomic E-state index is 0.0170. The molecule has 25 heavy (non-hydrogen) atoms. The fourth-order valence-electron chi connectivity index (χ4n) is 2.66. The summed E-state index contributed by atoms with van der Waals surface area (Å²) in [5.41, 5.74) is 8.03. The normalized spacial score (nSPS) is 11.2. The van der Waals surface area contributed by atoms with Gasteiger partial charge >= 0.3 is 0 Å². The van der Waals surface area contributed by atoms with Crippen LogP contribution in [0, 0.1) is 0 Å². The Morgan fingerprint density at radius 2 is 1.32 bits per heavy atom. The van der Waals surface area contributed by atoms with Gasteiger partial charge in [0, 0.05) is 0 Å². The van der Waals surface area contributed by atoms with Crippen molar-refractivity contribution in [1.82, 2.24) is 0 Å². The molecule has 0 radical (unpaired) electrons. The number of nitrogens with two attached hydrogens (primary N) is 1. The number of benzene rings is 3. The molecule has 0 aliphatic carbocycles. The van der Waals surface area contributed by atoms with Crippen molar-refractivity contribution < 1.29 is 13.2 Å². The van der Waals surface area contributed by atoms with E-state index in [-0.39, 0.29) is 16.2 Å². The molecule has 0 saturated heterocycles. The van der Waals surface area contributed by atoms with Gasteiger partial charge in [0.15, 0.2) is 9.84 Å². The molecule has 0 fully saturated rings.